The lowest BCUT2D eigenvalue weighted by molar-refractivity contribution is 0.0437. The van der Waals surface area contributed by atoms with Gasteiger partial charge in [0.15, 0.2) is 0 Å². The number of anilines is 1. The maximum atomic E-state index is 11.7. The Morgan fingerprint density at radius 1 is 1.26 bits per heavy atom. The molecule has 0 aromatic heterocycles. The van der Waals surface area contributed by atoms with Crippen molar-refractivity contribution in [2.24, 2.45) is 0 Å². The number of esters is 1. The van der Waals surface area contributed by atoms with E-state index in [0.717, 1.165) is 16.8 Å². The molecule has 0 spiro atoms. The topological polar surface area (TPSA) is 38.3 Å². The van der Waals surface area contributed by atoms with Gasteiger partial charge < -0.3 is 10.1 Å². The molecular formula is C16H13NO2. The summed E-state index contributed by atoms with van der Waals surface area (Å²) in [6, 6.07) is 15.2. The van der Waals surface area contributed by atoms with Crippen LogP contribution in [0.25, 0.3) is 0 Å². The minimum atomic E-state index is -0.449. The van der Waals surface area contributed by atoms with Crippen LogP contribution in [0.2, 0.25) is 0 Å². The Balaban J connectivity index is 1.91. The lowest BCUT2D eigenvalue weighted by atomic mass is 10.1. The lowest BCUT2D eigenvalue weighted by Gasteiger charge is -2.16. The minimum absolute atomic E-state index is 0.353. The van der Waals surface area contributed by atoms with E-state index in [1.807, 2.05) is 32.0 Å². The van der Waals surface area contributed by atoms with Crippen LogP contribution < -0.4 is 5.32 Å². The van der Waals surface area contributed by atoms with E-state index in [2.05, 4.69) is 23.5 Å². The summed E-state index contributed by atoms with van der Waals surface area (Å²) >= 11 is 0. The van der Waals surface area contributed by atoms with Crippen molar-refractivity contribution < 1.29 is 9.53 Å². The highest BCUT2D eigenvalue weighted by molar-refractivity contribution is 5.93. The van der Waals surface area contributed by atoms with E-state index < -0.39 is 6.23 Å². The van der Waals surface area contributed by atoms with Crippen LogP contribution in [0.5, 0.6) is 0 Å². The van der Waals surface area contributed by atoms with Gasteiger partial charge in [-0.1, -0.05) is 29.8 Å². The van der Waals surface area contributed by atoms with Crippen molar-refractivity contribution in [3.05, 3.63) is 64.7 Å². The monoisotopic (exact) mass is 251 g/mol. The quantitative estimate of drug-likeness (QED) is 0.833. The number of rotatable bonds is 2. The van der Waals surface area contributed by atoms with Crippen LogP contribution in [-0.2, 0) is 4.74 Å². The second kappa shape index (κ2) is 4.33. The summed E-state index contributed by atoms with van der Waals surface area (Å²) in [7, 11) is 0. The summed E-state index contributed by atoms with van der Waals surface area (Å²) in [6.07, 6.45) is -0.449. The summed E-state index contributed by atoms with van der Waals surface area (Å²) in [5, 5.41) is 3.25. The van der Waals surface area contributed by atoms with Crippen molar-refractivity contribution in [2.75, 3.05) is 5.32 Å². The number of aryl methyl sites for hydroxylation is 2. The molecule has 0 radical (unpaired) electrons. The molecule has 94 valence electrons. The highest BCUT2D eigenvalue weighted by atomic mass is 16.6. The third-order valence-corrected chi connectivity index (χ3v) is 3.21. The van der Waals surface area contributed by atoms with Crippen LogP contribution in [0.4, 0.5) is 5.69 Å². The summed E-state index contributed by atoms with van der Waals surface area (Å²) in [6.45, 7) is 4.07. The van der Waals surface area contributed by atoms with Crippen LogP contribution in [0.1, 0.15) is 33.3 Å². The van der Waals surface area contributed by atoms with Gasteiger partial charge in [0.25, 0.3) is 0 Å². The fourth-order valence-corrected chi connectivity index (χ4v) is 2.24. The maximum Gasteiger partial charge on any atom is 0.349 e. The number of carbonyl (C=O) groups excluding carboxylic acids is 1. The van der Waals surface area contributed by atoms with Gasteiger partial charge in [0, 0.05) is 11.3 Å². The predicted octanol–water partition coefficient (Wildman–Crippen LogP) is 3.18. The van der Waals surface area contributed by atoms with Crippen molar-refractivity contribution in [3.63, 3.8) is 0 Å². The zero-order valence-electron chi connectivity index (χ0n) is 10.8. The average molecular weight is 251 g/mol. The molecule has 0 amide bonds. The molecule has 0 saturated carbocycles. The van der Waals surface area contributed by atoms with Crippen LogP contribution in [0.3, 0.4) is 0 Å². The Morgan fingerprint density at radius 3 is 2.89 bits per heavy atom. The van der Waals surface area contributed by atoms with Gasteiger partial charge in [-0.2, -0.15) is 0 Å². The molecule has 0 bridgehead atoms. The van der Waals surface area contributed by atoms with Crippen LogP contribution >= 0.6 is 0 Å². The Bertz CT molecular complexity index is 649. The number of cyclic esters (lactones) is 1. The van der Waals surface area contributed by atoms with E-state index in [-0.39, 0.29) is 5.97 Å². The molecule has 2 aromatic rings. The van der Waals surface area contributed by atoms with E-state index in [9.17, 15) is 4.79 Å². The van der Waals surface area contributed by atoms with E-state index >= 15 is 0 Å². The first-order valence-corrected chi connectivity index (χ1v) is 6.12. The minimum Gasteiger partial charge on any atom is -0.433 e. The summed E-state index contributed by atoms with van der Waals surface area (Å²) in [5.74, 6) is -0.353. The smallest absolute Gasteiger partial charge is 0.349 e. The van der Waals surface area contributed by atoms with Gasteiger partial charge in [0.2, 0.25) is 6.23 Å². The fraction of sp³-hybridized carbons (Fsp3) is 0.188. The molecule has 0 aliphatic carbocycles. The Kier molecular flexibility index (Phi) is 2.64. The first-order chi connectivity index (χ1) is 9.15. The lowest BCUT2D eigenvalue weighted by Crippen LogP contribution is -2.11. The molecule has 1 atom stereocenters. The standard InChI is InChI=1S/C16H13NO2/c1-10-7-8-14(11(2)9-10)17-15-12-5-3-4-6-13(12)16(18)19-15/h3,5,7-9,15,17H,1-2H3. The average Bonchev–Trinajstić information content (AvgIpc) is 2.71. The molecule has 3 nitrogen and oxygen atoms in total. The van der Waals surface area contributed by atoms with Gasteiger partial charge in [-0.3, -0.25) is 0 Å². The van der Waals surface area contributed by atoms with Gasteiger partial charge in [-0.25, -0.2) is 4.79 Å². The van der Waals surface area contributed by atoms with Crippen molar-refractivity contribution in [1.29, 1.82) is 0 Å². The molecule has 19 heavy (non-hydrogen) atoms. The van der Waals surface area contributed by atoms with Crippen LogP contribution in [0, 0.1) is 26.0 Å². The summed E-state index contributed by atoms with van der Waals surface area (Å²) < 4.78 is 5.32. The fourth-order valence-electron chi connectivity index (χ4n) is 2.24. The third-order valence-electron chi connectivity index (χ3n) is 3.21. The van der Waals surface area contributed by atoms with Gasteiger partial charge in [0.05, 0.1) is 0 Å². The van der Waals surface area contributed by atoms with Gasteiger partial charge in [0.1, 0.15) is 5.56 Å². The first kappa shape index (κ1) is 11.6. The SMILES string of the molecule is Cc1ccc(NC2OC(=O)c3c#cccc32)c(C)c1. The Hall–Kier alpha value is -2.47. The predicted molar refractivity (Wildman–Crippen MR) is 71.8 cm³/mol. The first-order valence-electron chi connectivity index (χ1n) is 6.12. The molecule has 1 heterocycles. The van der Waals surface area contributed by atoms with E-state index in [0.29, 0.717) is 5.56 Å². The molecule has 3 heteroatoms. The molecule has 2 aromatic carbocycles. The van der Waals surface area contributed by atoms with Gasteiger partial charge in [-0.15, -0.1) is 0 Å². The molecule has 0 fully saturated rings. The number of fused-ring (bicyclic) bond motifs is 1. The second-order valence-corrected chi connectivity index (χ2v) is 4.68. The number of ether oxygens (including phenoxy) is 1. The van der Waals surface area contributed by atoms with E-state index in [1.54, 1.807) is 6.07 Å². The van der Waals surface area contributed by atoms with Gasteiger partial charge in [-0.05, 0) is 37.6 Å². The summed E-state index contributed by atoms with van der Waals surface area (Å²) in [5.41, 5.74) is 4.56. The molecule has 1 unspecified atom stereocenters. The molecule has 3 rings (SSSR count). The Morgan fingerprint density at radius 2 is 2.11 bits per heavy atom. The highest BCUT2D eigenvalue weighted by Crippen LogP contribution is 2.31. The molecule has 1 aliphatic rings. The number of hydrogen-bond donors (Lipinski definition) is 1. The second-order valence-electron chi connectivity index (χ2n) is 4.68. The molecule has 1 N–H and O–H groups in total. The molecule has 1 aliphatic heterocycles. The van der Waals surface area contributed by atoms with Crippen molar-refractivity contribution >= 4 is 11.7 Å². The number of nitrogens with one attached hydrogen (secondary N) is 1. The normalized spacial score (nSPS) is 16.5. The van der Waals surface area contributed by atoms with Gasteiger partial charge >= 0.3 is 5.97 Å². The number of hydrogen-bond acceptors (Lipinski definition) is 3. The van der Waals surface area contributed by atoms with Crippen molar-refractivity contribution in [2.45, 2.75) is 20.1 Å². The maximum absolute atomic E-state index is 11.7. The van der Waals surface area contributed by atoms with E-state index in [4.69, 9.17) is 4.74 Å². The highest BCUT2D eigenvalue weighted by Gasteiger charge is 2.31. The number of carbonyl (C=O) groups is 1. The Labute approximate surface area is 112 Å². The zero-order valence-corrected chi connectivity index (χ0v) is 10.8. The summed E-state index contributed by atoms with van der Waals surface area (Å²) in [4.78, 5) is 11.7. The van der Waals surface area contributed by atoms with Crippen molar-refractivity contribution in [1.82, 2.24) is 0 Å². The molecular weight excluding hydrogens is 238 g/mol. The van der Waals surface area contributed by atoms with Crippen molar-refractivity contribution in [3.8, 4) is 0 Å². The molecule has 0 saturated heterocycles. The number of benzene rings is 1. The largest absolute Gasteiger partial charge is 0.433 e. The van der Waals surface area contributed by atoms with Crippen LogP contribution in [0.15, 0.2) is 30.3 Å². The van der Waals surface area contributed by atoms with Crippen LogP contribution in [-0.4, -0.2) is 5.97 Å². The third kappa shape index (κ3) is 2.02. The van der Waals surface area contributed by atoms with E-state index in [1.165, 1.54) is 5.56 Å². The zero-order chi connectivity index (χ0) is 13.4.